The smallest absolute Gasteiger partial charge is 0.163 e. The summed E-state index contributed by atoms with van der Waals surface area (Å²) < 4.78 is 79.9. The van der Waals surface area contributed by atoms with Gasteiger partial charge in [0, 0.05) is 89.4 Å². The van der Waals surface area contributed by atoms with Gasteiger partial charge < -0.3 is 28.1 Å². The van der Waals surface area contributed by atoms with E-state index < -0.39 is 42.4 Å². The topological polar surface area (TPSA) is 218 Å². The first kappa shape index (κ1) is 48.7. The van der Waals surface area contributed by atoms with Gasteiger partial charge in [0.1, 0.15) is 47.0 Å². The van der Waals surface area contributed by atoms with Gasteiger partial charge in [-0.25, -0.2) is 36.8 Å². The number of nitrogens with zero attached hydrogens (tertiary/aromatic N) is 10. The van der Waals surface area contributed by atoms with E-state index in [4.69, 9.17) is 42.1 Å². The molecule has 2 saturated heterocycles. The zero-order valence-electron chi connectivity index (χ0n) is 37.7. The van der Waals surface area contributed by atoms with Crippen molar-refractivity contribution in [1.29, 1.82) is 0 Å². The first-order chi connectivity index (χ1) is 30.3. The molecule has 0 radical (unpaired) electrons. The molecule has 0 amide bonds. The number of halogens is 2. The Morgan fingerprint density at radius 3 is 1.22 bits per heavy atom. The van der Waals surface area contributed by atoms with E-state index in [0.717, 1.165) is 50.2 Å². The van der Waals surface area contributed by atoms with Crippen LogP contribution in [0, 0.1) is 10.8 Å². The van der Waals surface area contributed by atoms with Gasteiger partial charge in [-0.3, -0.25) is 0 Å². The molecule has 4 fully saturated rings. The Morgan fingerprint density at radius 1 is 0.625 bits per heavy atom. The minimum atomic E-state index is -3.66. The highest BCUT2D eigenvalue weighted by Crippen LogP contribution is 2.59. The molecule has 2 aliphatic carbocycles. The third kappa shape index (κ3) is 10.8. The molecule has 0 aromatic carbocycles. The lowest BCUT2D eigenvalue weighted by molar-refractivity contribution is 0.0679. The third-order valence-electron chi connectivity index (χ3n) is 13.3. The summed E-state index contributed by atoms with van der Waals surface area (Å²) in [7, 11) is -4.41. The van der Waals surface area contributed by atoms with Crippen LogP contribution < -0.4 is 0 Å². The maximum Gasteiger partial charge on any atom is 0.163 e. The molecule has 18 nitrogen and oxygen atoms in total. The predicted octanol–water partition coefficient (Wildman–Crippen LogP) is 6.56. The van der Waals surface area contributed by atoms with Crippen molar-refractivity contribution in [2.75, 3.05) is 40.6 Å². The average molecular weight is 968 g/mol. The first-order valence-corrected chi connectivity index (χ1v) is 25.9. The van der Waals surface area contributed by atoms with Crippen LogP contribution in [0.1, 0.15) is 151 Å². The van der Waals surface area contributed by atoms with Crippen LogP contribution in [-0.2, 0) is 50.1 Å². The summed E-state index contributed by atoms with van der Waals surface area (Å²) in [5.74, 6) is 3.44. The SMILES string of the molecule is CO[C@H](c1ncc(Cl)cn1)[C@H](C)S(=O)(=O)Cc1nnc([C@@H]2CC2(C)C)n1C1CCOCC1.CO[C@H](c1ncc(Cl)cn1)[C@H](C)S(=O)(=O)Cc1nnc([C@H]2CC2(C)C)n1C1CCOCC1. The molecule has 2 saturated carbocycles. The lowest BCUT2D eigenvalue weighted by atomic mass is 10.1. The molecule has 0 spiro atoms. The lowest BCUT2D eigenvalue weighted by Crippen LogP contribution is -2.31. The fourth-order valence-corrected chi connectivity index (χ4v) is 11.9. The molecule has 0 bridgehead atoms. The van der Waals surface area contributed by atoms with Gasteiger partial charge in [-0.15, -0.1) is 20.4 Å². The van der Waals surface area contributed by atoms with E-state index in [2.05, 4.69) is 77.2 Å². The molecule has 0 unspecified atom stereocenters. The van der Waals surface area contributed by atoms with Crippen LogP contribution in [0.2, 0.25) is 10.0 Å². The van der Waals surface area contributed by atoms with Crippen molar-refractivity contribution in [2.45, 2.75) is 138 Å². The van der Waals surface area contributed by atoms with Crippen LogP contribution in [-0.4, -0.2) is 117 Å². The van der Waals surface area contributed by atoms with Gasteiger partial charge in [0.25, 0.3) is 0 Å². The molecule has 4 aliphatic rings. The number of hydrogen-bond donors (Lipinski definition) is 0. The van der Waals surface area contributed by atoms with Crippen molar-refractivity contribution >= 4 is 42.9 Å². The third-order valence-corrected chi connectivity index (χ3v) is 17.8. The Hall–Kier alpha value is -3.24. The van der Waals surface area contributed by atoms with Gasteiger partial charge in [-0.2, -0.15) is 0 Å². The average Bonchev–Trinajstić information content (AvgIpc) is 3.92. The summed E-state index contributed by atoms with van der Waals surface area (Å²) in [4.78, 5) is 16.6. The molecule has 22 heteroatoms. The standard InChI is InChI=1S/2C21H30ClN5O4S/c2*1-13(18(30-4)19-23-10-14(22)11-24-19)32(28,29)12-17-25-26-20(16-9-21(16,2)3)27(17)15-5-7-31-8-6-15/h2*10-11,13,15-16,18H,5-9,12H2,1-4H3/t13-,16+,18-;13-,16-,18-/m00/s1. The van der Waals surface area contributed by atoms with E-state index in [0.29, 0.717) is 60.0 Å². The van der Waals surface area contributed by atoms with E-state index in [-0.39, 0.29) is 46.1 Å². The van der Waals surface area contributed by atoms with Gasteiger partial charge >= 0.3 is 0 Å². The molecule has 2 aliphatic heterocycles. The van der Waals surface area contributed by atoms with Gasteiger partial charge in [0.2, 0.25) is 0 Å². The second-order valence-electron chi connectivity index (χ2n) is 18.7. The van der Waals surface area contributed by atoms with Crippen LogP contribution in [0.4, 0.5) is 0 Å². The summed E-state index contributed by atoms with van der Waals surface area (Å²) in [6.45, 7) is 14.6. The first-order valence-electron chi connectivity index (χ1n) is 21.7. The fourth-order valence-electron chi connectivity index (χ4n) is 8.80. The molecular formula is C42H60Cl2N10O8S2. The molecular weight excluding hydrogens is 908 g/mol. The van der Waals surface area contributed by atoms with Crippen LogP contribution in [0.15, 0.2) is 24.8 Å². The zero-order chi connectivity index (χ0) is 46.2. The normalized spacial score (nSPS) is 23.1. The van der Waals surface area contributed by atoms with Crippen molar-refractivity contribution in [3.8, 4) is 0 Å². The van der Waals surface area contributed by atoms with E-state index in [1.165, 1.54) is 39.0 Å². The van der Waals surface area contributed by atoms with Crippen molar-refractivity contribution in [2.24, 2.45) is 10.8 Å². The molecule has 0 N–H and O–H groups in total. The van der Waals surface area contributed by atoms with Gasteiger partial charge in [0.05, 0.1) is 20.5 Å². The van der Waals surface area contributed by atoms with Gasteiger partial charge in [-0.1, -0.05) is 50.9 Å². The largest absolute Gasteiger partial charge is 0.381 e. The summed E-state index contributed by atoms with van der Waals surface area (Å²) >= 11 is 11.7. The van der Waals surface area contributed by atoms with Crippen molar-refractivity contribution < 1.29 is 35.8 Å². The monoisotopic (exact) mass is 966 g/mol. The minimum absolute atomic E-state index is 0.142. The molecule has 6 atom stereocenters. The molecule has 8 rings (SSSR count). The van der Waals surface area contributed by atoms with Crippen LogP contribution in [0.5, 0.6) is 0 Å². The summed E-state index contributed by atoms with van der Waals surface area (Å²) in [6.07, 6.45) is 9.41. The highest BCUT2D eigenvalue weighted by atomic mass is 35.5. The molecule has 352 valence electrons. The van der Waals surface area contributed by atoms with E-state index in [1.54, 1.807) is 13.8 Å². The fraction of sp³-hybridized carbons (Fsp3) is 0.714. The summed E-state index contributed by atoms with van der Waals surface area (Å²) in [5.41, 5.74) is 0.318. The number of aromatic nitrogens is 10. The quantitative estimate of drug-likeness (QED) is 0.116. The molecule has 6 heterocycles. The molecule has 64 heavy (non-hydrogen) atoms. The van der Waals surface area contributed by atoms with E-state index in [1.807, 2.05) is 0 Å². The zero-order valence-corrected chi connectivity index (χ0v) is 40.9. The Balaban J connectivity index is 0.000000191. The Bertz CT molecular complexity index is 2270. The van der Waals surface area contributed by atoms with E-state index in [9.17, 15) is 16.8 Å². The second-order valence-corrected chi connectivity index (χ2v) is 24.3. The number of ether oxygens (including phenoxy) is 4. The van der Waals surface area contributed by atoms with E-state index >= 15 is 0 Å². The lowest BCUT2D eigenvalue weighted by Gasteiger charge is -2.27. The Kier molecular flexibility index (Phi) is 14.9. The van der Waals surface area contributed by atoms with Crippen LogP contribution in [0.3, 0.4) is 0 Å². The van der Waals surface area contributed by atoms with Crippen molar-refractivity contribution in [3.05, 3.63) is 69.8 Å². The van der Waals surface area contributed by atoms with Crippen molar-refractivity contribution in [3.63, 3.8) is 0 Å². The van der Waals surface area contributed by atoms with Gasteiger partial charge in [-0.05, 0) is 63.2 Å². The Morgan fingerprint density at radius 2 is 0.938 bits per heavy atom. The number of hydrogen-bond acceptors (Lipinski definition) is 16. The van der Waals surface area contributed by atoms with Gasteiger partial charge in [0.15, 0.2) is 31.3 Å². The van der Waals surface area contributed by atoms with Crippen LogP contribution in [0.25, 0.3) is 0 Å². The number of methoxy groups -OCH3 is 2. The maximum absolute atomic E-state index is 13.4. The summed E-state index contributed by atoms with van der Waals surface area (Å²) in [5, 5.41) is 16.6. The minimum Gasteiger partial charge on any atom is -0.381 e. The number of rotatable bonds is 16. The number of sulfone groups is 2. The highest BCUT2D eigenvalue weighted by Gasteiger charge is 2.52. The molecule has 4 aromatic heterocycles. The predicted molar refractivity (Wildman–Crippen MR) is 238 cm³/mol. The molecule has 4 aromatic rings. The maximum atomic E-state index is 13.4. The second kappa shape index (κ2) is 19.5. The van der Waals surface area contributed by atoms with Crippen molar-refractivity contribution in [1.82, 2.24) is 49.5 Å². The summed E-state index contributed by atoms with van der Waals surface area (Å²) in [6, 6.07) is 0.284. The van der Waals surface area contributed by atoms with Crippen LogP contribution >= 0.6 is 23.2 Å². The highest BCUT2D eigenvalue weighted by molar-refractivity contribution is 7.91. The Labute approximate surface area is 385 Å².